The van der Waals surface area contributed by atoms with Gasteiger partial charge in [-0.15, -0.1) is 0 Å². The molecule has 0 bridgehead atoms. The van der Waals surface area contributed by atoms with Gasteiger partial charge in [0, 0.05) is 17.3 Å². The SMILES string of the molecule is COc1ccc(OC)c(C(=O)c2oc3ccc(Cl)cc3c2NC(C)=O)c1. The van der Waals surface area contributed by atoms with Gasteiger partial charge in [-0.25, -0.2) is 0 Å². The van der Waals surface area contributed by atoms with E-state index in [4.69, 9.17) is 25.5 Å². The van der Waals surface area contributed by atoms with Gasteiger partial charge in [-0.2, -0.15) is 0 Å². The Bertz CT molecular complexity index is 1010. The zero-order valence-corrected chi connectivity index (χ0v) is 15.1. The molecule has 26 heavy (non-hydrogen) atoms. The molecule has 3 rings (SSSR count). The number of benzene rings is 2. The molecule has 0 aliphatic heterocycles. The van der Waals surface area contributed by atoms with Gasteiger partial charge in [0.15, 0.2) is 5.76 Å². The molecule has 0 aliphatic rings. The average molecular weight is 374 g/mol. The highest BCUT2D eigenvalue weighted by Gasteiger charge is 2.25. The van der Waals surface area contributed by atoms with Crippen LogP contribution in [0.25, 0.3) is 11.0 Å². The number of hydrogen-bond donors (Lipinski definition) is 1. The van der Waals surface area contributed by atoms with Gasteiger partial charge >= 0.3 is 0 Å². The number of carbonyl (C=O) groups excluding carboxylic acids is 2. The van der Waals surface area contributed by atoms with Crippen LogP contribution < -0.4 is 14.8 Å². The quantitative estimate of drug-likeness (QED) is 0.675. The first-order valence-electron chi connectivity index (χ1n) is 7.71. The Morgan fingerprint density at radius 1 is 1.08 bits per heavy atom. The maximum atomic E-state index is 13.1. The Labute approximate surface area is 154 Å². The van der Waals surface area contributed by atoms with Crippen LogP contribution in [0.2, 0.25) is 5.02 Å². The lowest BCUT2D eigenvalue weighted by molar-refractivity contribution is -0.114. The first-order chi connectivity index (χ1) is 12.4. The van der Waals surface area contributed by atoms with Crippen LogP contribution in [0.15, 0.2) is 40.8 Å². The molecular formula is C19H16ClNO5. The monoisotopic (exact) mass is 373 g/mol. The predicted molar refractivity (Wildman–Crippen MR) is 98.5 cm³/mol. The van der Waals surface area contributed by atoms with Crippen molar-refractivity contribution in [2.24, 2.45) is 0 Å². The number of ether oxygens (including phenoxy) is 2. The molecule has 0 unspecified atom stereocenters. The van der Waals surface area contributed by atoms with Crippen LogP contribution in [-0.4, -0.2) is 25.9 Å². The summed E-state index contributed by atoms with van der Waals surface area (Å²) in [5.74, 6) is 0.0672. The van der Waals surface area contributed by atoms with E-state index < -0.39 is 5.78 Å². The molecule has 0 spiro atoms. The molecular weight excluding hydrogens is 358 g/mol. The Kier molecular flexibility index (Phi) is 4.86. The van der Waals surface area contributed by atoms with Crippen molar-refractivity contribution in [3.8, 4) is 11.5 Å². The third-order valence-electron chi connectivity index (χ3n) is 3.81. The Morgan fingerprint density at radius 3 is 2.50 bits per heavy atom. The summed E-state index contributed by atoms with van der Waals surface area (Å²) < 4.78 is 16.2. The second-order valence-electron chi connectivity index (χ2n) is 5.52. The highest BCUT2D eigenvalue weighted by Crippen LogP contribution is 2.36. The zero-order valence-electron chi connectivity index (χ0n) is 14.4. The van der Waals surface area contributed by atoms with E-state index in [1.165, 1.54) is 21.1 Å². The summed E-state index contributed by atoms with van der Waals surface area (Å²) in [6, 6.07) is 9.78. The molecule has 0 atom stereocenters. The van der Waals surface area contributed by atoms with Crippen LogP contribution in [0.1, 0.15) is 23.0 Å². The lowest BCUT2D eigenvalue weighted by Gasteiger charge is -2.09. The van der Waals surface area contributed by atoms with Gasteiger partial charge < -0.3 is 19.2 Å². The summed E-state index contributed by atoms with van der Waals surface area (Å²) in [7, 11) is 2.97. The molecule has 134 valence electrons. The van der Waals surface area contributed by atoms with Crippen molar-refractivity contribution in [1.29, 1.82) is 0 Å². The van der Waals surface area contributed by atoms with E-state index in [9.17, 15) is 9.59 Å². The van der Waals surface area contributed by atoms with Crippen molar-refractivity contribution < 1.29 is 23.5 Å². The van der Waals surface area contributed by atoms with Gasteiger partial charge in [0.05, 0.1) is 25.5 Å². The summed E-state index contributed by atoms with van der Waals surface area (Å²) in [5, 5.41) is 3.66. The molecule has 1 N–H and O–H groups in total. The highest BCUT2D eigenvalue weighted by molar-refractivity contribution is 6.31. The minimum Gasteiger partial charge on any atom is -0.497 e. The van der Waals surface area contributed by atoms with Gasteiger partial charge in [-0.05, 0) is 36.4 Å². The van der Waals surface area contributed by atoms with Crippen molar-refractivity contribution in [2.75, 3.05) is 19.5 Å². The van der Waals surface area contributed by atoms with E-state index >= 15 is 0 Å². The Morgan fingerprint density at radius 2 is 1.85 bits per heavy atom. The van der Waals surface area contributed by atoms with Gasteiger partial charge in [0.1, 0.15) is 17.1 Å². The van der Waals surface area contributed by atoms with Gasteiger partial charge in [0.25, 0.3) is 0 Å². The van der Waals surface area contributed by atoms with Crippen molar-refractivity contribution >= 4 is 39.9 Å². The average Bonchev–Trinajstić information content (AvgIpc) is 2.97. The minimum absolute atomic E-state index is 0.0102. The maximum Gasteiger partial charge on any atom is 0.234 e. The standard InChI is InChI=1S/C19H16ClNO5/c1-10(22)21-17-13-8-11(20)4-6-16(13)26-19(17)18(23)14-9-12(24-2)5-7-15(14)25-3/h4-9H,1-3H3,(H,21,22). The number of amides is 1. The summed E-state index contributed by atoms with van der Waals surface area (Å²) in [6.45, 7) is 1.35. The smallest absolute Gasteiger partial charge is 0.234 e. The van der Waals surface area contributed by atoms with Crippen molar-refractivity contribution in [3.63, 3.8) is 0 Å². The number of nitrogens with one attached hydrogen (secondary N) is 1. The molecule has 7 heteroatoms. The molecule has 0 saturated carbocycles. The highest BCUT2D eigenvalue weighted by atomic mass is 35.5. The summed E-state index contributed by atoms with van der Waals surface area (Å²) in [5.41, 5.74) is 0.955. The number of halogens is 1. The fourth-order valence-electron chi connectivity index (χ4n) is 2.64. The summed E-state index contributed by atoms with van der Waals surface area (Å²) in [4.78, 5) is 24.8. The number of rotatable bonds is 5. The molecule has 2 aromatic carbocycles. The maximum absolute atomic E-state index is 13.1. The predicted octanol–water partition coefficient (Wildman–Crippen LogP) is 4.29. The van der Waals surface area contributed by atoms with Crippen LogP contribution in [-0.2, 0) is 4.79 Å². The molecule has 0 saturated heterocycles. The number of methoxy groups -OCH3 is 2. The van der Waals surface area contributed by atoms with Crippen LogP contribution in [0.3, 0.4) is 0 Å². The van der Waals surface area contributed by atoms with Crippen LogP contribution in [0.4, 0.5) is 5.69 Å². The Balaban J connectivity index is 2.21. The topological polar surface area (TPSA) is 77.8 Å². The van der Waals surface area contributed by atoms with E-state index in [0.717, 1.165) is 0 Å². The molecule has 1 amide bonds. The number of fused-ring (bicyclic) bond motifs is 1. The van der Waals surface area contributed by atoms with Crippen molar-refractivity contribution in [2.45, 2.75) is 6.92 Å². The zero-order chi connectivity index (χ0) is 18.8. The van der Waals surface area contributed by atoms with Crippen molar-refractivity contribution in [1.82, 2.24) is 0 Å². The van der Waals surface area contributed by atoms with Gasteiger partial charge in [-0.3, -0.25) is 9.59 Å². The molecule has 6 nitrogen and oxygen atoms in total. The first kappa shape index (κ1) is 17.8. The van der Waals surface area contributed by atoms with Crippen LogP contribution in [0.5, 0.6) is 11.5 Å². The number of furan rings is 1. The largest absolute Gasteiger partial charge is 0.497 e. The molecule has 0 fully saturated rings. The normalized spacial score (nSPS) is 10.6. The van der Waals surface area contributed by atoms with E-state index in [1.54, 1.807) is 36.4 Å². The third-order valence-corrected chi connectivity index (χ3v) is 4.04. The number of carbonyl (C=O) groups is 2. The number of anilines is 1. The van der Waals surface area contributed by atoms with Crippen LogP contribution in [0, 0.1) is 0 Å². The summed E-state index contributed by atoms with van der Waals surface area (Å²) >= 11 is 6.04. The van der Waals surface area contributed by atoms with Gasteiger partial charge in [0.2, 0.25) is 11.7 Å². The molecule has 0 aliphatic carbocycles. The second kappa shape index (κ2) is 7.09. The van der Waals surface area contributed by atoms with E-state index in [1.807, 2.05) is 0 Å². The molecule has 0 radical (unpaired) electrons. The third kappa shape index (κ3) is 3.23. The first-order valence-corrected chi connectivity index (χ1v) is 8.08. The van der Waals surface area contributed by atoms with Crippen LogP contribution >= 0.6 is 11.6 Å². The fraction of sp³-hybridized carbons (Fsp3) is 0.158. The molecule has 1 aromatic heterocycles. The number of ketones is 1. The molecule has 3 aromatic rings. The van der Waals surface area contributed by atoms with E-state index in [2.05, 4.69) is 5.32 Å². The Hall–Kier alpha value is -2.99. The van der Waals surface area contributed by atoms with Crippen molar-refractivity contribution in [3.05, 3.63) is 52.7 Å². The lowest BCUT2D eigenvalue weighted by Crippen LogP contribution is -2.11. The lowest BCUT2D eigenvalue weighted by atomic mass is 10.1. The fourth-order valence-corrected chi connectivity index (χ4v) is 2.82. The molecule has 1 heterocycles. The van der Waals surface area contributed by atoms with E-state index in [-0.39, 0.29) is 22.9 Å². The van der Waals surface area contributed by atoms with E-state index in [0.29, 0.717) is 27.5 Å². The second-order valence-corrected chi connectivity index (χ2v) is 5.96. The number of hydrogen-bond acceptors (Lipinski definition) is 5. The van der Waals surface area contributed by atoms with Gasteiger partial charge in [-0.1, -0.05) is 11.6 Å². The summed E-state index contributed by atoms with van der Waals surface area (Å²) in [6.07, 6.45) is 0. The minimum atomic E-state index is -0.447.